The Morgan fingerprint density at radius 3 is 2.36 bits per heavy atom. The van der Waals surface area contributed by atoms with Gasteiger partial charge in [-0.1, -0.05) is 44.2 Å². The number of piperazine rings is 1. The summed E-state index contributed by atoms with van der Waals surface area (Å²) >= 11 is 0. The van der Waals surface area contributed by atoms with Crippen LogP contribution in [0.1, 0.15) is 40.2 Å². The van der Waals surface area contributed by atoms with E-state index in [0.717, 1.165) is 13.1 Å². The lowest BCUT2D eigenvalue weighted by molar-refractivity contribution is -0.129. The van der Waals surface area contributed by atoms with Gasteiger partial charge in [0.05, 0.1) is 0 Å². The van der Waals surface area contributed by atoms with Crippen LogP contribution < -0.4 is 0 Å². The van der Waals surface area contributed by atoms with Crippen molar-refractivity contribution in [3.63, 3.8) is 0 Å². The summed E-state index contributed by atoms with van der Waals surface area (Å²) in [5, 5.41) is 0. The molecule has 1 aliphatic rings. The first-order valence-electron chi connectivity index (χ1n) is 8.97. The summed E-state index contributed by atoms with van der Waals surface area (Å²) in [6.45, 7) is 11.9. The SMILES string of the molecule is CC(C)C(=O)[C@@H]1CN(Cc2ccccc2)CCN1C(=O)OC(C)(C)C. The second-order valence-corrected chi connectivity index (χ2v) is 7.97. The molecule has 0 unspecified atom stereocenters. The summed E-state index contributed by atoms with van der Waals surface area (Å²) in [7, 11) is 0. The Kier molecular flexibility index (Phi) is 6.22. The number of Topliss-reactive ketones (excluding diaryl/α,β-unsaturated/α-hetero) is 1. The molecule has 0 saturated carbocycles. The van der Waals surface area contributed by atoms with E-state index in [1.54, 1.807) is 4.90 Å². The monoisotopic (exact) mass is 346 g/mol. The standard InChI is InChI=1S/C20H30N2O3/c1-15(2)18(23)17-14-21(13-16-9-7-6-8-10-16)11-12-22(17)19(24)25-20(3,4)5/h6-10,15,17H,11-14H2,1-5H3/t17-/m0/s1. The number of carbonyl (C=O) groups excluding carboxylic acids is 2. The number of hydrogen-bond donors (Lipinski definition) is 0. The molecular weight excluding hydrogens is 316 g/mol. The third kappa shape index (κ3) is 5.56. The maximum atomic E-state index is 12.7. The fourth-order valence-electron chi connectivity index (χ4n) is 2.99. The largest absolute Gasteiger partial charge is 0.444 e. The van der Waals surface area contributed by atoms with Crippen molar-refractivity contribution in [2.45, 2.75) is 52.8 Å². The molecule has 25 heavy (non-hydrogen) atoms. The van der Waals surface area contributed by atoms with Gasteiger partial charge in [-0.3, -0.25) is 14.6 Å². The minimum Gasteiger partial charge on any atom is -0.444 e. The average Bonchev–Trinajstić information content (AvgIpc) is 2.53. The highest BCUT2D eigenvalue weighted by molar-refractivity contribution is 5.89. The number of ether oxygens (including phenoxy) is 1. The van der Waals surface area contributed by atoms with Gasteiger partial charge in [-0.2, -0.15) is 0 Å². The molecule has 1 aromatic carbocycles. The van der Waals surface area contributed by atoms with E-state index in [4.69, 9.17) is 4.74 Å². The van der Waals surface area contributed by atoms with E-state index in [1.165, 1.54) is 5.56 Å². The summed E-state index contributed by atoms with van der Waals surface area (Å²) in [5.41, 5.74) is 0.646. The molecule has 2 rings (SSSR count). The first-order valence-corrected chi connectivity index (χ1v) is 8.97. The van der Waals surface area contributed by atoms with Gasteiger partial charge in [-0.15, -0.1) is 0 Å². The predicted molar refractivity (Wildman–Crippen MR) is 98.3 cm³/mol. The van der Waals surface area contributed by atoms with Crippen molar-refractivity contribution in [2.24, 2.45) is 5.92 Å². The van der Waals surface area contributed by atoms with E-state index in [-0.39, 0.29) is 11.7 Å². The highest BCUT2D eigenvalue weighted by Crippen LogP contribution is 2.20. The van der Waals surface area contributed by atoms with Crippen molar-refractivity contribution in [3.8, 4) is 0 Å². The fraction of sp³-hybridized carbons (Fsp3) is 0.600. The molecule has 1 aromatic rings. The Morgan fingerprint density at radius 1 is 1.16 bits per heavy atom. The first-order chi connectivity index (χ1) is 11.7. The summed E-state index contributed by atoms with van der Waals surface area (Å²) < 4.78 is 5.51. The summed E-state index contributed by atoms with van der Waals surface area (Å²) in [6.07, 6.45) is -0.397. The topological polar surface area (TPSA) is 49.9 Å². The van der Waals surface area contributed by atoms with Gasteiger partial charge in [0.1, 0.15) is 11.6 Å². The lowest BCUT2D eigenvalue weighted by Crippen LogP contribution is -2.59. The number of ketones is 1. The van der Waals surface area contributed by atoms with Crippen LogP contribution >= 0.6 is 0 Å². The molecule has 1 saturated heterocycles. The van der Waals surface area contributed by atoms with Crippen molar-refractivity contribution in [2.75, 3.05) is 19.6 Å². The van der Waals surface area contributed by atoms with Gasteiger partial charge in [0.2, 0.25) is 0 Å². The zero-order chi connectivity index (χ0) is 18.6. The minimum absolute atomic E-state index is 0.0867. The van der Waals surface area contributed by atoms with Gasteiger partial charge in [0.15, 0.2) is 5.78 Å². The molecule has 1 fully saturated rings. The van der Waals surface area contributed by atoms with Crippen molar-refractivity contribution < 1.29 is 14.3 Å². The van der Waals surface area contributed by atoms with Crippen LogP contribution in [0.5, 0.6) is 0 Å². The van der Waals surface area contributed by atoms with Crippen molar-refractivity contribution in [1.29, 1.82) is 0 Å². The lowest BCUT2D eigenvalue weighted by Gasteiger charge is -2.41. The van der Waals surface area contributed by atoms with Crippen molar-refractivity contribution in [1.82, 2.24) is 9.80 Å². The van der Waals surface area contributed by atoms with Crippen molar-refractivity contribution in [3.05, 3.63) is 35.9 Å². The Hall–Kier alpha value is -1.88. The molecule has 1 heterocycles. The van der Waals surface area contributed by atoms with Crippen LogP contribution in [0.3, 0.4) is 0 Å². The summed E-state index contributed by atoms with van der Waals surface area (Å²) in [5.74, 6) is -0.0322. The van der Waals surface area contributed by atoms with Crippen LogP contribution in [0.15, 0.2) is 30.3 Å². The number of amides is 1. The van der Waals surface area contributed by atoms with E-state index >= 15 is 0 Å². The number of carbonyl (C=O) groups is 2. The average molecular weight is 346 g/mol. The second-order valence-electron chi connectivity index (χ2n) is 7.97. The molecule has 1 amide bonds. The van der Waals surface area contributed by atoms with E-state index in [1.807, 2.05) is 52.8 Å². The maximum Gasteiger partial charge on any atom is 0.410 e. The van der Waals surface area contributed by atoms with Gasteiger partial charge >= 0.3 is 6.09 Å². The number of rotatable bonds is 4. The van der Waals surface area contributed by atoms with Gasteiger partial charge in [-0.05, 0) is 26.3 Å². The smallest absolute Gasteiger partial charge is 0.410 e. The van der Waals surface area contributed by atoms with E-state index < -0.39 is 17.7 Å². The molecule has 138 valence electrons. The van der Waals surface area contributed by atoms with E-state index in [0.29, 0.717) is 13.1 Å². The van der Waals surface area contributed by atoms with Crippen LogP contribution in [-0.2, 0) is 16.1 Å². The fourth-order valence-corrected chi connectivity index (χ4v) is 2.99. The Labute approximate surface area is 150 Å². The molecule has 0 N–H and O–H groups in total. The summed E-state index contributed by atoms with van der Waals surface area (Å²) in [6, 6.07) is 9.74. The molecule has 0 spiro atoms. The Morgan fingerprint density at radius 2 is 1.80 bits per heavy atom. The van der Waals surface area contributed by atoms with E-state index in [2.05, 4.69) is 17.0 Å². The maximum absolute atomic E-state index is 12.7. The zero-order valence-corrected chi connectivity index (χ0v) is 16.0. The zero-order valence-electron chi connectivity index (χ0n) is 16.0. The number of nitrogens with zero attached hydrogens (tertiary/aromatic N) is 2. The molecule has 1 aliphatic heterocycles. The molecule has 0 bridgehead atoms. The van der Waals surface area contributed by atoms with Gasteiger partial charge in [0, 0.05) is 32.1 Å². The highest BCUT2D eigenvalue weighted by Gasteiger charge is 2.38. The quantitative estimate of drug-likeness (QED) is 0.839. The van der Waals surface area contributed by atoms with E-state index in [9.17, 15) is 9.59 Å². The number of hydrogen-bond acceptors (Lipinski definition) is 4. The molecule has 1 atom stereocenters. The molecule has 0 radical (unpaired) electrons. The Bertz CT molecular complexity index is 593. The molecular formula is C20H30N2O3. The third-order valence-electron chi connectivity index (χ3n) is 4.24. The third-order valence-corrected chi connectivity index (χ3v) is 4.24. The van der Waals surface area contributed by atoms with Crippen LogP contribution in [0, 0.1) is 5.92 Å². The Balaban J connectivity index is 2.11. The van der Waals surface area contributed by atoms with Crippen LogP contribution in [0.4, 0.5) is 4.79 Å². The van der Waals surface area contributed by atoms with Gasteiger partial charge < -0.3 is 4.74 Å². The predicted octanol–water partition coefficient (Wildman–Crippen LogP) is 3.33. The minimum atomic E-state index is -0.566. The normalized spacial score (nSPS) is 19.1. The molecule has 5 nitrogen and oxygen atoms in total. The first kappa shape index (κ1) is 19.4. The lowest BCUT2D eigenvalue weighted by atomic mass is 9.98. The van der Waals surface area contributed by atoms with Crippen LogP contribution in [0.25, 0.3) is 0 Å². The van der Waals surface area contributed by atoms with Gasteiger partial charge in [0.25, 0.3) is 0 Å². The second kappa shape index (κ2) is 8.00. The van der Waals surface area contributed by atoms with Crippen molar-refractivity contribution >= 4 is 11.9 Å². The molecule has 0 aliphatic carbocycles. The summed E-state index contributed by atoms with van der Waals surface area (Å²) in [4.78, 5) is 29.1. The molecule has 5 heteroatoms. The van der Waals surface area contributed by atoms with Crippen LogP contribution in [-0.4, -0.2) is 53.0 Å². The molecule has 0 aromatic heterocycles. The highest BCUT2D eigenvalue weighted by atomic mass is 16.6. The van der Waals surface area contributed by atoms with Crippen LogP contribution in [0.2, 0.25) is 0 Å². The number of benzene rings is 1. The van der Waals surface area contributed by atoms with Gasteiger partial charge in [-0.25, -0.2) is 4.79 Å².